The highest BCUT2D eigenvalue weighted by atomic mass is 35.5. The van der Waals surface area contributed by atoms with E-state index in [1.165, 1.54) is 11.3 Å². The van der Waals surface area contributed by atoms with Gasteiger partial charge in [-0.05, 0) is 29.8 Å². The number of carbonyl (C=O) groups excluding carboxylic acids is 1. The minimum Gasteiger partial charge on any atom is -0.488 e. The number of piperazine rings is 1. The Hall–Kier alpha value is -2.94. The van der Waals surface area contributed by atoms with Crippen LogP contribution in [-0.2, 0) is 11.3 Å². The van der Waals surface area contributed by atoms with Gasteiger partial charge in [0.1, 0.15) is 12.4 Å². The molecule has 2 aliphatic rings. The zero-order chi connectivity index (χ0) is 22.1. The Balaban J connectivity index is 1.17. The maximum Gasteiger partial charge on any atom is 0.258 e. The highest BCUT2D eigenvalue weighted by Crippen LogP contribution is 2.29. The first-order valence-corrected chi connectivity index (χ1v) is 11.6. The Morgan fingerprint density at radius 2 is 2.06 bits per heavy atom. The lowest BCUT2D eigenvalue weighted by Crippen LogP contribution is -2.48. The maximum atomic E-state index is 12.6. The molecule has 5 rings (SSSR count). The summed E-state index contributed by atoms with van der Waals surface area (Å²) in [5.41, 5.74) is 2.55. The van der Waals surface area contributed by atoms with Gasteiger partial charge in [0, 0.05) is 67.0 Å². The highest BCUT2D eigenvalue weighted by Gasteiger charge is 2.20. The monoisotopic (exact) mass is 468 g/mol. The predicted molar refractivity (Wildman–Crippen MR) is 125 cm³/mol. The molecule has 2 aliphatic heterocycles. The van der Waals surface area contributed by atoms with Crippen molar-refractivity contribution in [2.75, 3.05) is 32.8 Å². The number of hydrogen-bond donors (Lipinski definition) is 0. The van der Waals surface area contributed by atoms with Crippen LogP contribution in [0.3, 0.4) is 0 Å². The number of amides is 1. The van der Waals surface area contributed by atoms with Gasteiger partial charge >= 0.3 is 0 Å². The van der Waals surface area contributed by atoms with Crippen molar-refractivity contribution in [1.82, 2.24) is 19.2 Å². The lowest BCUT2D eigenvalue weighted by atomic mass is 10.1. The largest absolute Gasteiger partial charge is 0.488 e. The van der Waals surface area contributed by atoms with Crippen molar-refractivity contribution in [3.63, 3.8) is 0 Å². The summed E-state index contributed by atoms with van der Waals surface area (Å²) in [5.74, 6) is 0.781. The molecule has 9 heteroatoms. The molecule has 7 nitrogen and oxygen atoms in total. The summed E-state index contributed by atoms with van der Waals surface area (Å²) < 4.78 is 7.28. The Morgan fingerprint density at radius 3 is 2.91 bits per heavy atom. The number of fused-ring (bicyclic) bond motifs is 2. The van der Waals surface area contributed by atoms with Gasteiger partial charge in [0.15, 0.2) is 4.96 Å². The number of halogens is 1. The molecule has 4 heterocycles. The number of ether oxygens (including phenoxy) is 1. The standard InChI is InChI=1S/C23H21ClN4O3S/c24-18-2-3-20-17(12-18)11-16(15-31-20)1-4-21(29)27-7-5-26(6-8-27)14-19-13-22(30)28-9-10-32-23(28)25-19/h1-4,9-13H,5-8,14-15H2/b4-1+. The second-order valence-corrected chi connectivity index (χ2v) is 9.08. The fourth-order valence-corrected chi connectivity index (χ4v) is 4.79. The summed E-state index contributed by atoms with van der Waals surface area (Å²) >= 11 is 7.51. The van der Waals surface area contributed by atoms with Gasteiger partial charge in [0.2, 0.25) is 5.91 Å². The molecule has 1 fully saturated rings. The van der Waals surface area contributed by atoms with Crippen molar-refractivity contribution in [2.24, 2.45) is 0 Å². The van der Waals surface area contributed by atoms with Gasteiger partial charge in [-0.2, -0.15) is 0 Å². The van der Waals surface area contributed by atoms with Crippen LogP contribution in [0.5, 0.6) is 5.75 Å². The summed E-state index contributed by atoms with van der Waals surface area (Å²) in [5, 5.41) is 2.51. The van der Waals surface area contributed by atoms with Gasteiger partial charge in [-0.3, -0.25) is 18.9 Å². The van der Waals surface area contributed by atoms with E-state index in [2.05, 4.69) is 9.88 Å². The minimum absolute atomic E-state index is 0.0150. The van der Waals surface area contributed by atoms with Crippen molar-refractivity contribution in [3.05, 3.63) is 80.2 Å². The van der Waals surface area contributed by atoms with Gasteiger partial charge in [-0.1, -0.05) is 17.7 Å². The molecule has 0 atom stereocenters. The predicted octanol–water partition coefficient (Wildman–Crippen LogP) is 3.09. The first-order valence-electron chi connectivity index (χ1n) is 10.3. The smallest absolute Gasteiger partial charge is 0.258 e. The maximum absolute atomic E-state index is 12.6. The van der Waals surface area contributed by atoms with Crippen LogP contribution < -0.4 is 10.3 Å². The second kappa shape index (κ2) is 8.90. The van der Waals surface area contributed by atoms with Crippen LogP contribution in [0.15, 0.2) is 58.4 Å². The van der Waals surface area contributed by atoms with E-state index in [1.54, 1.807) is 28.8 Å². The summed E-state index contributed by atoms with van der Waals surface area (Å²) in [7, 11) is 0. The van der Waals surface area contributed by atoms with E-state index in [9.17, 15) is 9.59 Å². The Labute approximate surface area is 193 Å². The molecular weight excluding hydrogens is 448 g/mol. The first kappa shape index (κ1) is 20.9. The number of benzene rings is 1. The fraction of sp³-hybridized carbons (Fsp3) is 0.261. The van der Waals surface area contributed by atoms with Gasteiger partial charge in [-0.15, -0.1) is 11.3 Å². The Bertz CT molecular complexity index is 1290. The lowest BCUT2D eigenvalue weighted by molar-refractivity contribution is -0.127. The molecule has 0 spiro atoms. The van der Waals surface area contributed by atoms with E-state index in [-0.39, 0.29) is 11.5 Å². The summed E-state index contributed by atoms with van der Waals surface area (Å²) in [4.78, 5) is 34.1. The number of thiazole rings is 1. The molecule has 0 saturated carbocycles. The number of aromatic nitrogens is 2. The van der Waals surface area contributed by atoms with E-state index < -0.39 is 0 Å². The van der Waals surface area contributed by atoms with Crippen molar-refractivity contribution >= 4 is 39.9 Å². The van der Waals surface area contributed by atoms with Gasteiger partial charge in [0.05, 0.1) is 5.69 Å². The van der Waals surface area contributed by atoms with Crippen LogP contribution >= 0.6 is 22.9 Å². The highest BCUT2D eigenvalue weighted by molar-refractivity contribution is 7.15. The topological polar surface area (TPSA) is 67.2 Å². The number of carbonyl (C=O) groups is 1. The third-order valence-electron chi connectivity index (χ3n) is 5.57. The minimum atomic E-state index is -0.0592. The third kappa shape index (κ3) is 4.48. The molecule has 32 heavy (non-hydrogen) atoms. The van der Waals surface area contributed by atoms with Crippen LogP contribution in [0.4, 0.5) is 0 Å². The molecule has 1 aromatic carbocycles. The molecule has 0 radical (unpaired) electrons. The Kier molecular flexibility index (Phi) is 5.82. The zero-order valence-corrected chi connectivity index (χ0v) is 18.8. The molecule has 1 amide bonds. The summed E-state index contributed by atoms with van der Waals surface area (Å²) in [6.45, 7) is 3.78. The van der Waals surface area contributed by atoms with Crippen molar-refractivity contribution < 1.29 is 9.53 Å². The van der Waals surface area contributed by atoms with E-state index in [1.807, 2.05) is 34.6 Å². The molecule has 0 N–H and O–H groups in total. The molecule has 0 unspecified atom stereocenters. The quantitative estimate of drug-likeness (QED) is 0.550. The van der Waals surface area contributed by atoms with Crippen molar-refractivity contribution in [2.45, 2.75) is 6.54 Å². The number of nitrogens with zero attached hydrogens (tertiary/aromatic N) is 4. The normalized spacial score (nSPS) is 16.8. The molecule has 3 aromatic rings. The molecule has 0 aliphatic carbocycles. The van der Waals surface area contributed by atoms with Crippen LogP contribution in [0.1, 0.15) is 11.3 Å². The molecule has 164 valence electrons. The zero-order valence-electron chi connectivity index (χ0n) is 17.2. The van der Waals surface area contributed by atoms with Crippen molar-refractivity contribution in [1.29, 1.82) is 0 Å². The lowest BCUT2D eigenvalue weighted by Gasteiger charge is -2.34. The van der Waals surface area contributed by atoms with E-state index >= 15 is 0 Å². The van der Waals surface area contributed by atoms with E-state index in [0.717, 1.165) is 35.7 Å². The fourth-order valence-electron chi connectivity index (χ4n) is 3.87. The Morgan fingerprint density at radius 1 is 1.22 bits per heavy atom. The third-order valence-corrected chi connectivity index (χ3v) is 6.56. The summed E-state index contributed by atoms with van der Waals surface area (Å²) in [6, 6.07) is 7.09. The van der Waals surface area contributed by atoms with Crippen molar-refractivity contribution in [3.8, 4) is 5.75 Å². The van der Waals surface area contributed by atoms with Crippen LogP contribution in [0.2, 0.25) is 5.02 Å². The molecular formula is C23H21ClN4O3S. The molecule has 2 aromatic heterocycles. The number of hydrogen-bond acceptors (Lipinski definition) is 6. The average molecular weight is 469 g/mol. The number of rotatable bonds is 4. The van der Waals surface area contributed by atoms with E-state index in [4.69, 9.17) is 16.3 Å². The SMILES string of the molecule is O=C(/C=C/C1=Cc2cc(Cl)ccc2OC1)N1CCN(Cc2cc(=O)n3ccsc3n2)CC1. The van der Waals surface area contributed by atoms with Gasteiger partial charge < -0.3 is 9.64 Å². The van der Waals surface area contributed by atoms with Gasteiger partial charge in [-0.25, -0.2) is 4.98 Å². The van der Waals surface area contributed by atoms with Gasteiger partial charge in [0.25, 0.3) is 5.56 Å². The van der Waals surface area contributed by atoms with Crippen LogP contribution in [0, 0.1) is 0 Å². The average Bonchev–Trinajstić information content (AvgIpc) is 3.27. The molecule has 0 bridgehead atoms. The van der Waals surface area contributed by atoms with Crippen LogP contribution in [-0.4, -0.2) is 57.9 Å². The molecule has 1 saturated heterocycles. The summed E-state index contributed by atoms with van der Waals surface area (Å²) in [6.07, 6.45) is 7.15. The first-order chi connectivity index (χ1) is 15.5. The van der Waals surface area contributed by atoms with Crippen LogP contribution in [0.25, 0.3) is 11.0 Å². The second-order valence-electron chi connectivity index (χ2n) is 7.77. The van der Waals surface area contributed by atoms with E-state index in [0.29, 0.717) is 36.2 Å².